The molecule has 0 saturated carbocycles. The minimum Gasteiger partial charge on any atom is -0.346 e. The van der Waals surface area contributed by atoms with E-state index < -0.39 is 5.41 Å². The molecule has 2 amide bonds. The van der Waals surface area contributed by atoms with Crippen molar-refractivity contribution in [2.24, 2.45) is 10.5 Å². The second kappa shape index (κ2) is 8.63. The lowest BCUT2D eigenvalue weighted by molar-refractivity contribution is -0.128. The van der Waals surface area contributed by atoms with Crippen LogP contribution in [0, 0.1) is 5.41 Å². The summed E-state index contributed by atoms with van der Waals surface area (Å²) in [6.45, 7) is 5.57. The molecule has 2 aromatic carbocycles. The highest BCUT2D eigenvalue weighted by Crippen LogP contribution is 2.15. The van der Waals surface area contributed by atoms with E-state index in [2.05, 4.69) is 15.8 Å². The fraction of sp³-hybridized carbons (Fsp3) is 0.250. The maximum absolute atomic E-state index is 12.4. The van der Waals surface area contributed by atoms with Crippen molar-refractivity contribution >= 4 is 29.1 Å². The van der Waals surface area contributed by atoms with Gasteiger partial charge in [0.25, 0.3) is 5.91 Å². The molecule has 0 heterocycles. The van der Waals surface area contributed by atoms with E-state index in [-0.39, 0.29) is 18.4 Å². The Hall–Kier alpha value is -2.66. The number of benzene rings is 2. The van der Waals surface area contributed by atoms with Gasteiger partial charge in [-0.15, -0.1) is 0 Å². The van der Waals surface area contributed by atoms with E-state index in [0.29, 0.717) is 16.3 Å². The van der Waals surface area contributed by atoms with Crippen molar-refractivity contribution in [3.8, 4) is 0 Å². The van der Waals surface area contributed by atoms with Crippen LogP contribution < -0.4 is 10.7 Å². The van der Waals surface area contributed by atoms with Gasteiger partial charge in [0.2, 0.25) is 5.91 Å². The zero-order valence-corrected chi connectivity index (χ0v) is 15.8. The van der Waals surface area contributed by atoms with Crippen LogP contribution in [-0.4, -0.2) is 24.1 Å². The van der Waals surface area contributed by atoms with Crippen LogP contribution in [0.2, 0.25) is 5.02 Å². The molecule has 0 spiro atoms. The Morgan fingerprint density at radius 1 is 1.00 bits per heavy atom. The summed E-state index contributed by atoms with van der Waals surface area (Å²) in [5.41, 5.74) is 3.75. The van der Waals surface area contributed by atoms with E-state index in [1.165, 1.54) is 0 Å². The van der Waals surface area contributed by atoms with Gasteiger partial charge in [-0.1, -0.05) is 74.8 Å². The van der Waals surface area contributed by atoms with Crippen LogP contribution in [-0.2, 0) is 4.79 Å². The fourth-order valence-electron chi connectivity index (χ4n) is 2.03. The first-order valence-electron chi connectivity index (χ1n) is 8.24. The van der Waals surface area contributed by atoms with Crippen LogP contribution in [0.4, 0.5) is 0 Å². The minimum absolute atomic E-state index is 0.151. The number of amides is 2. The average Bonchev–Trinajstić information content (AvgIpc) is 2.61. The minimum atomic E-state index is -0.563. The maximum atomic E-state index is 12.4. The molecular weight excluding hydrogens is 350 g/mol. The normalized spacial score (nSPS) is 11.8. The van der Waals surface area contributed by atoms with Gasteiger partial charge in [0, 0.05) is 5.41 Å². The SMILES string of the molecule is CC(C)(C)C(=O)N/N=C(\CNC(=O)c1ccccc1Cl)c1ccccc1. The Kier molecular flexibility index (Phi) is 6.52. The van der Waals surface area contributed by atoms with Gasteiger partial charge in [0.1, 0.15) is 0 Å². The van der Waals surface area contributed by atoms with Crippen molar-refractivity contribution in [2.75, 3.05) is 6.54 Å². The van der Waals surface area contributed by atoms with Crippen LogP contribution in [0.3, 0.4) is 0 Å². The Morgan fingerprint density at radius 2 is 1.62 bits per heavy atom. The van der Waals surface area contributed by atoms with Crippen molar-refractivity contribution in [1.29, 1.82) is 0 Å². The fourth-order valence-corrected chi connectivity index (χ4v) is 2.25. The molecule has 0 atom stereocenters. The summed E-state index contributed by atoms with van der Waals surface area (Å²) in [6.07, 6.45) is 0. The Bertz CT molecular complexity index is 811. The van der Waals surface area contributed by atoms with Crippen molar-refractivity contribution < 1.29 is 9.59 Å². The third-order valence-electron chi connectivity index (χ3n) is 3.62. The van der Waals surface area contributed by atoms with Crippen LogP contribution in [0.25, 0.3) is 0 Å². The van der Waals surface area contributed by atoms with E-state index in [1.807, 2.05) is 30.3 Å². The molecule has 6 heteroatoms. The summed E-state index contributed by atoms with van der Waals surface area (Å²) in [7, 11) is 0. The van der Waals surface area contributed by atoms with Gasteiger partial charge in [-0.3, -0.25) is 9.59 Å². The third kappa shape index (κ3) is 5.43. The Morgan fingerprint density at radius 3 is 2.23 bits per heavy atom. The molecule has 0 unspecified atom stereocenters. The summed E-state index contributed by atoms with van der Waals surface area (Å²) in [5, 5.41) is 7.39. The highest BCUT2D eigenvalue weighted by Gasteiger charge is 2.21. The molecule has 0 fully saturated rings. The molecule has 0 bridgehead atoms. The molecule has 5 nitrogen and oxygen atoms in total. The first-order valence-corrected chi connectivity index (χ1v) is 8.62. The quantitative estimate of drug-likeness (QED) is 0.622. The Balaban J connectivity index is 2.16. The van der Waals surface area contributed by atoms with Crippen molar-refractivity contribution in [3.05, 3.63) is 70.7 Å². The number of rotatable bonds is 5. The topological polar surface area (TPSA) is 70.6 Å². The molecule has 2 rings (SSSR count). The first-order chi connectivity index (χ1) is 12.3. The van der Waals surface area contributed by atoms with Gasteiger partial charge >= 0.3 is 0 Å². The van der Waals surface area contributed by atoms with Crippen LogP contribution in [0.15, 0.2) is 59.7 Å². The Labute approximate surface area is 158 Å². The van der Waals surface area contributed by atoms with Gasteiger partial charge in [0.05, 0.1) is 22.8 Å². The number of hydrazone groups is 1. The number of carbonyl (C=O) groups excluding carboxylic acids is 2. The van der Waals surface area contributed by atoms with Crippen LogP contribution >= 0.6 is 11.6 Å². The smallest absolute Gasteiger partial charge is 0.253 e. The average molecular weight is 372 g/mol. The number of halogens is 1. The highest BCUT2D eigenvalue weighted by molar-refractivity contribution is 6.33. The lowest BCUT2D eigenvalue weighted by Gasteiger charge is -2.16. The van der Waals surface area contributed by atoms with Crippen molar-refractivity contribution in [3.63, 3.8) is 0 Å². The second-order valence-electron chi connectivity index (χ2n) is 6.78. The summed E-state index contributed by atoms with van der Waals surface area (Å²) in [5.74, 6) is -0.509. The lowest BCUT2D eigenvalue weighted by atomic mass is 9.96. The predicted octanol–water partition coefficient (Wildman–Crippen LogP) is 3.64. The lowest BCUT2D eigenvalue weighted by Crippen LogP contribution is -2.35. The number of nitrogens with zero attached hydrogens (tertiary/aromatic N) is 1. The van der Waals surface area contributed by atoms with Crippen LogP contribution in [0.1, 0.15) is 36.7 Å². The number of hydrogen-bond donors (Lipinski definition) is 2. The third-order valence-corrected chi connectivity index (χ3v) is 3.95. The predicted molar refractivity (Wildman–Crippen MR) is 104 cm³/mol. The van der Waals surface area contributed by atoms with Gasteiger partial charge < -0.3 is 5.32 Å². The van der Waals surface area contributed by atoms with E-state index in [9.17, 15) is 9.59 Å². The summed E-state index contributed by atoms with van der Waals surface area (Å²) >= 11 is 6.06. The molecule has 0 aromatic heterocycles. The highest BCUT2D eigenvalue weighted by atomic mass is 35.5. The molecule has 0 radical (unpaired) electrons. The summed E-state index contributed by atoms with van der Waals surface area (Å²) < 4.78 is 0. The maximum Gasteiger partial charge on any atom is 0.253 e. The van der Waals surface area contributed by atoms with Crippen LogP contribution in [0.5, 0.6) is 0 Å². The van der Waals surface area contributed by atoms with Gasteiger partial charge in [-0.05, 0) is 17.7 Å². The summed E-state index contributed by atoms with van der Waals surface area (Å²) in [6, 6.07) is 16.2. The van der Waals surface area contributed by atoms with Crippen molar-refractivity contribution in [2.45, 2.75) is 20.8 Å². The standard InChI is InChI=1S/C20H22ClN3O2/c1-20(2,3)19(26)24-23-17(14-9-5-4-6-10-14)13-22-18(25)15-11-7-8-12-16(15)21/h4-12H,13H2,1-3H3,(H,22,25)(H,24,26)/b23-17+. The van der Waals surface area contributed by atoms with E-state index in [1.54, 1.807) is 45.0 Å². The number of nitrogens with one attached hydrogen (secondary N) is 2. The molecule has 0 aliphatic rings. The van der Waals surface area contributed by atoms with Gasteiger partial charge in [-0.25, -0.2) is 5.43 Å². The molecular formula is C20H22ClN3O2. The zero-order valence-electron chi connectivity index (χ0n) is 15.0. The van der Waals surface area contributed by atoms with Gasteiger partial charge in [0.15, 0.2) is 0 Å². The van der Waals surface area contributed by atoms with E-state index in [0.717, 1.165) is 5.56 Å². The molecule has 0 aliphatic carbocycles. The van der Waals surface area contributed by atoms with E-state index in [4.69, 9.17) is 11.6 Å². The molecule has 136 valence electrons. The summed E-state index contributed by atoms with van der Waals surface area (Å²) in [4.78, 5) is 24.4. The monoisotopic (exact) mass is 371 g/mol. The number of hydrogen-bond acceptors (Lipinski definition) is 3. The largest absolute Gasteiger partial charge is 0.346 e. The molecule has 0 saturated heterocycles. The van der Waals surface area contributed by atoms with Crippen molar-refractivity contribution in [1.82, 2.24) is 10.7 Å². The molecule has 0 aliphatic heterocycles. The second-order valence-corrected chi connectivity index (χ2v) is 7.19. The number of carbonyl (C=O) groups is 2. The first kappa shape index (κ1) is 19.7. The molecule has 2 N–H and O–H groups in total. The molecule has 2 aromatic rings. The zero-order chi connectivity index (χ0) is 19.2. The van der Waals surface area contributed by atoms with Gasteiger partial charge in [-0.2, -0.15) is 5.10 Å². The van der Waals surface area contributed by atoms with E-state index >= 15 is 0 Å². The molecule has 26 heavy (non-hydrogen) atoms.